The summed E-state index contributed by atoms with van der Waals surface area (Å²) in [6.07, 6.45) is -4.48. The minimum Gasteiger partial charge on any atom is -0.382 e. The quantitative estimate of drug-likeness (QED) is 0.584. The summed E-state index contributed by atoms with van der Waals surface area (Å²) < 4.78 is 36.0. The Morgan fingerprint density at radius 3 is 2.50 bits per heavy atom. The summed E-state index contributed by atoms with van der Waals surface area (Å²) in [5, 5.41) is 2.41. The zero-order valence-electron chi connectivity index (χ0n) is 8.43. The highest BCUT2D eigenvalue weighted by atomic mass is 19.4. The number of ketones is 1. The van der Waals surface area contributed by atoms with E-state index in [0.29, 0.717) is 12.6 Å². The van der Waals surface area contributed by atoms with Crippen LogP contribution >= 0.6 is 0 Å². The van der Waals surface area contributed by atoms with Gasteiger partial charge in [-0.15, -0.1) is 0 Å². The first-order chi connectivity index (χ1) is 7.27. The third-order valence-electron chi connectivity index (χ3n) is 1.98. The Labute approximate surface area is 89.6 Å². The van der Waals surface area contributed by atoms with Crippen LogP contribution in [0.25, 0.3) is 0 Å². The molecular weight excluding hydrogens is 225 g/mol. The van der Waals surface area contributed by atoms with E-state index in [1.807, 2.05) is 0 Å². The molecule has 1 heterocycles. The molecule has 16 heavy (non-hydrogen) atoms. The van der Waals surface area contributed by atoms with Gasteiger partial charge in [-0.3, -0.25) is 4.79 Å². The van der Waals surface area contributed by atoms with Crippen LogP contribution in [-0.2, 0) is 4.79 Å². The molecule has 90 valence electrons. The molecule has 8 heteroatoms. The van der Waals surface area contributed by atoms with Crippen LogP contribution in [0.3, 0.4) is 0 Å². The Bertz CT molecular complexity index is 372. The van der Waals surface area contributed by atoms with Gasteiger partial charge in [0.2, 0.25) is 0 Å². The van der Waals surface area contributed by atoms with Gasteiger partial charge in [0.25, 0.3) is 5.78 Å². The fourth-order valence-electron chi connectivity index (χ4n) is 1.21. The van der Waals surface area contributed by atoms with Crippen molar-refractivity contribution in [3.8, 4) is 0 Å². The molecule has 0 atom stereocenters. The Balaban J connectivity index is 2.93. The third-order valence-corrected chi connectivity index (χ3v) is 1.98. The van der Waals surface area contributed by atoms with Crippen LogP contribution in [0.15, 0.2) is 23.5 Å². The highest BCUT2D eigenvalue weighted by molar-refractivity contribution is 5.94. The standard InChI is InChI=1S/C8H11F3N4O/c1-2-15-5(14-6(12)7(15)13)3-4(16)8(9,10)11/h3,14H,2,12-13H2,1H3/b5-3+. The van der Waals surface area contributed by atoms with E-state index in [1.165, 1.54) is 4.90 Å². The maximum Gasteiger partial charge on any atom is 0.454 e. The molecule has 0 saturated heterocycles. The molecule has 0 aromatic carbocycles. The SMILES string of the molecule is CCN1C(N)=C(N)N/C1=C\C(=O)C(F)(F)F. The molecule has 1 aliphatic rings. The highest BCUT2D eigenvalue weighted by Crippen LogP contribution is 2.21. The molecule has 0 saturated carbocycles. The second-order valence-corrected chi connectivity index (χ2v) is 3.06. The lowest BCUT2D eigenvalue weighted by atomic mass is 10.3. The monoisotopic (exact) mass is 236 g/mol. The Morgan fingerprint density at radius 2 is 2.06 bits per heavy atom. The fourth-order valence-corrected chi connectivity index (χ4v) is 1.21. The molecule has 0 unspecified atom stereocenters. The molecule has 0 aliphatic carbocycles. The number of nitrogens with zero attached hydrogens (tertiary/aromatic N) is 1. The van der Waals surface area contributed by atoms with Gasteiger partial charge in [0.15, 0.2) is 0 Å². The van der Waals surface area contributed by atoms with Gasteiger partial charge in [0.1, 0.15) is 17.5 Å². The van der Waals surface area contributed by atoms with Crippen molar-refractivity contribution in [3.05, 3.63) is 23.5 Å². The van der Waals surface area contributed by atoms with Crippen LogP contribution in [0.2, 0.25) is 0 Å². The van der Waals surface area contributed by atoms with Crippen LogP contribution in [0.4, 0.5) is 13.2 Å². The normalized spacial score (nSPS) is 19.2. The van der Waals surface area contributed by atoms with Crippen molar-refractivity contribution >= 4 is 5.78 Å². The summed E-state index contributed by atoms with van der Waals surface area (Å²) in [6, 6.07) is 0. The minimum absolute atomic E-state index is 0.0306. The highest BCUT2D eigenvalue weighted by Gasteiger charge is 2.38. The van der Waals surface area contributed by atoms with Crippen molar-refractivity contribution in [1.82, 2.24) is 10.2 Å². The molecule has 0 spiro atoms. The van der Waals surface area contributed by atoms with Crippen LogP contribution in [0.5, 0.6) is 0 Å². The second-order valence-electron chi connectivity index (χ2n) is 3.06. The van der Waals surface area contributed by atoms with Gasteiger partial charge in [-0.25, -0.2) is 0 Å². The lowest BCUT2D eigenvalue weighted by Gasteiger charge is -2.17. The largest absolute Gasteiger partial charge is 0.454 e. The van der Waals surface area contributed by atoms with Gasteiger partial charge < -0.3 is 21.7 Å². The van der Waals surface area contributed by atoms with Gasteiger partial charge in [-0.05, 0) is 6.92 Å². The Kier molecular flexibility index (Phi) is 3.02. The number of allylic oxidation sites excluding steroid dienone is 1. The van der Waals surface area contributed by atoms with Crippen molar-refractivity contribution < 1.29 is 18.0 Å². The van der Waals surface area contributed by atoms with E-state index in [-0.39, 0.29) is 17.5 Å². The van der Waals surface area contributed by atoms with Crippen molar-refractivity contribution in [1.29, 1.82) is 0 Å². The molecule has 0 aromatic rings. The summed E-state index contributed by atoms with van der Waals surface area (Å²) in [7, 11) is 0. The summed E-state index contributed by atoms with van der Waals surface area (Å²) in [5.41, 5.74) is 10.9. The molecule has 0 amide bonds. The number of nitrogens with two attached hydrogens (primary N) is 2. The molecule has 5 N–H and O–H groups in total. The lowest BCUT2D eigenvalue weighted by Crippen LogP contribution is -2.28. The molecule has 5 nitrogen and oxygen atoms in total. The number of halogens is 3. The molecule has 1 aliphatic heterocycles. The van der Waals surface area contributed by atoms with Crippen LogP contribution in [-0.4, -0.2) is 23.4 Å². The molecular formula is C8H11F3N4O. The van der Waals surface area contributed by atoms with Crippen molar-refractivity contribution in [2.45, 2.75) is 13.1 Å². The number of carbonyl (C=O) groups is 1. The molecule has 0 radical (unpaired) electrons. The molecule has 1 rings (SSSR count). The van der Waals surface area contributed by atoms with Gasteiger partial charge in [0, 0.05) is 12.6 Å². The second kappa shape index (κ2) is 3.95. The summed E-state index contributed by atoms with van der Waals surface area (Å²) in [4.78, 5) is 12.0. The van der Waals surface area contributed by atoms with Gasteiger partial charge in [0.05, 0.1) is 0 Å². The predicted octanol–water partition coefficient (Wildman–Crippen LogP) is -0.0717. The number of alkyl halides is 3. The van der Waals surface area contributed by atoms with Gasteiger partial charge >= 0.3 is 6.18 Å². The Morgan fingerprint density at radius 1 is 1.50 bits per heavy atom. The number of carbonyl (C=O) groups excluding carboxylic acids is 1. The minimum atomic E-state index is -4.90. The maximum atomic E-state index is 12.0. The average Bonchev–Trinajstić information content (AvgIpc) is 2.41. The fraction of sp³-hybridized carbons (Fsp3) is 0.375. The number of nitrogens with one attached hydrogen (secondary N) is 1. The van der Waals surface area contributed by atoms with Crippen LogP contribution in [0.1, 0.15) is 6.92 Å². The first kappa shape index (κ1) is 12.2. The molecule has 0 bridgehead atoms. The first-order valence-electron chi connectivity index (χ1n) is 4.40. The summed E-state index contributed by atoms with van der Waals surface area (Å²) in [6.45, 7) is 1.97. The third kappa shape index (κ3) is 2.20. The predicted molar refractivity (Wildman–Crippen MR) is 50.1 cm³/mol. The number of hydrogen-bond acceptors (Lipinski definition) is 5. The average molecular weight is 236 g/mol. The Hall–Kier alpha value is -1.86. The van der Waals surface area contributed by atoms with Gasteiger partial charge in [-0.2, -0.15) is 13.2 Å². The van der Waals surface area contributed by atoms with Crippen molar-refractivity contribution in [2.75, 3.05) is 6.54 Å². The summed E-state index contributed by atoms with van der Waals surface area (Å²) >= 11 is 0. The van der Waals surface area contributed by atoms with E-state index in [1.54, 1.807) is 6.92 Å². The van der Waals surface area contributed by atoms with E-state index >= 15 is 0 Å². The van der Waals surface area contributed by atoms with Crippen LogP contribution < -0.4 is 16.8 Å². The number of rotatable bonds is 2. The maximum absolute atomic E-state index is 12.0. The van der Waals surface area contributed by atoms with E-state index in [9.17, 15) is 18.0 Å². The van der Waals surface area contributed by atoms with Crippen LogP contribution in [0, 0.1) is 0 Å². The topological polar surface area (TPSA) is 84.4 Å². The summed E-state index contributed by atoms with van der Waals surface area (Å²) in [5.74, 6) is -1.90. The molecule has 0 fully saturated rings. The first-order valence-corrected chi connectivity index (χ1v) is 4.40. The smallest absolute Gasteiger partial charge is 0.382 e. The van der Waals surface area contributed by atoms with E-state index in [2.05, 4.69) is 5.32 Å². The lowest BCUT2D eigenvalue weighted by molar-refractivity contribution is -0.165. The van der Waals surface area contributed by atoms with E-state index < -0.39 is 12.0 Å². The van der Waals surface area contributed by atoms with Gasteiger partial charge in [-0.1, -0.05) is 0 Å². The van der Waals surface area contributed by atoms with E-state index in [4.69, 9.17) is 11.5 Å². The zero-order valence-corrected chi connectivity index (χ0v) is 8.43. The van der Waals surface area contributed by atoms with Crippen molar-refractivity contribution in [2.24, 2.45) is 11.5 Å². The zero-order chi connectivity index (χ0) is 12.5. The van der Waals surface area contributed by atoms with E-state index in [0.717, 1.165) is 0 Å². The molecule has 0 aromatic heterocycles. The van der Waals surface area contributed by atoms with Crippen molar-refractivity contribution in [3.63, 3.8) is 0 Å². The number of hydrogen-bond donors (Lipinski definition) is 3.